The van der Waals surface area contributed by atoms with Crippen molar-refractivity contribution in [3.05, 3.63) is 23.4 Å². The number of alkyl halides is 2. The molecule has 0 atom stereocenters. The molecule has 0 aromatic carbocycles. The highest BCUT2D eigenvalue weighted by atomic mass is 19.3. The third kappa shape index (κ3) is 3.35. The number of pyridine rings is 1. The summed E-state index contributed by atoms with van der Waals surface area (Å²) in [6.07, 6.45) is 0. The molecule has 0 spiro atoms. The van der Waals surface area contributed by atoms with E-state index in [-0.39, 0.29) is 5.56 Å². The van der Waals surface area contributed by atoms with Crippen LogP contribution >= 0.6 is 0 Å². The van der Waals surface area contributed by atoms with E-state index >= 15 is 0 Å². The number of carbonyl (C=O) groups is 1. The number of halogens is 2. The summed E-state index contributed by atoms with van der Waals surface area (Å²) in [5.74, 6) is -1.02. The van der Waals surface area contributed by atoms with Crippen LogP contribution < -0.4 is 4.74 Å². The quantitative estimate of drug-likeness (QED) is 0.757. The lowest BCUT2D eigenvalue weighted by Gasteiger charge is -2.15. The fraction of sp³-hybridized carbons (Fsp3) is 0.400. The normalized spacial score (nSPS) is 10.5. The molecule has 1 heterocycles. The van der Waals surface area contributed by atoms with Gasteiger partial charge in [-0.05, 0) is 19.1 Å². The first kappa shape index (κ1) is 13.3. The zero-order chi connectivity index (χ0) is 13.0. The van der Waals surface area contributed by atoms with E-state index in [9.17, 15) is 13.6 Å². The molecule has 0 aliphatic rings. The zero-order valence-electron chi connectivity index (χ0n) is 9.61. The lowest BCUT2D eigenvalue weighted by molar-refractivity contribution is -0.0774. The molecule has 0 bridgehead atoms. The molecule has 1 aromatic rings. The predicted molar refractivity (Wildman–Crippen MR) is 54.7 cm³/mol. The van der Waals surface area contributed by atoms with Crippen LogP contribution in [0, 0.1) is 6.92 Å². The molecule has 1 amide bonds. The Bertz CT molecular complexity index is 413. The van der Waals surface area contributed by atoms with E-state index in [4.69, 9.17) is 0 Å². The molecule has 0 radical (unpaired) electrons. The molecule has 94 valence electrons. The van der Waals surface area contributed by atoms with Gasteiger partial charge in [0.2, 0.25) is 5.88 Å². The Morgan fingerprint density at radius 2 is 2.12 bits per heavy atom. The van der Waals surface area contributed by atoms with E-state index in [2.05, 4.69) is 14.6 Å². The van der Waals surface area contributed by atoms with Crippen molar-refractivity contribution < 1.29 is 23.1 Å². The highest BCUT2D eigenvalue weighted by Crippen LogP contribution is 2.20. The summed E-state index contributed by atoms with van der Waals surface area (Å²) in [6, 6.07) is 2.88. The first-order valence-corrected chi connectivity index (χ1v) is 4.70. The van der Waals surface area contributed by atoms with Crippen LogP contribution in [0.4, 0.5) is 8.78 Å². The first-order valence-electron chi connectivity index (χ1n) is 4.70. The van der Waals surface area contributed by atoms with E-state index in [1.165, 1.54) is 26.3 Å². The maximum atomic E-state index is 12.2. The van der Waals surface area contributed by atoms with Crippen molar-refractivity contribution in [1.29, 1.82) is 0 Å². The molecule has 1 rings (SSSR count). The third-order valence-electron chi connectivity index (χ3n) is 1.99. The average Bonchev–Trinajstić information content (AvgIpc) is 2.26. The molecule has 17 heavy (non-hydrogen) atoms. The van der Waals surface area contributed by atoms with Crippen LogP contribution in [0.25, 0.3) is 0 Å². The molecular weight excluding hydrogens is 234 g/mol. The number of aryl methyl sites for hydroxylation is 1. The van der Waals surface area contributed by atoms with Crippen LogP contribution in [0.1, 0.15) is 16.1 Å². The summed E-state index contributed by atoms with van der Waals surface area (Å²) >= 11 is 0. The first-order chi connectivity index (χ1) is 7.95. The van der Waals surface area contributed by atoms with Gasteiger partial charge in [-0.1, -0.05) is 0 Å². The van der Waals surface area contributed by atoms with Gasteiger partial charge in [0, 0.05) is 12.7 Å². The van der Waals surface area contributed by atoms with Crippen molar-refractivity contribution in [3.63, 3.8) is 0 Å². The molecule has 0 fully saturated rings. The van der Waals surface area contributed by atoms with Crippen molar-refractivity contribution in [2.24, 2.45) is 0 Å². The number of hydrogen-bond acceptors (Lipinski definition) is 4. The van der Waals surface area contributed by atoms with Gasteiger partial charge in [0.15, 0.2) is 0 Å². The van der Waals surface area contributed by atoms with Gasteiger partial charge in [-0.3, -0.25) is 9.63 Å². The van der Waals surface area contributed by atoms with Crippen molar-refractivity contribution in [3.8, 4) is 5.88 Å². The molecule has 0 aliphatic carbocycles. The number of nitrogens with zero attached hydrogens (tertiary/aromatic N) is 2. The molecule has 0 saturated carbocycles. The summed E-state index contributed by atoms with van der Waals surface area (Å²) in [5.41, 5.74) is 0.387. The smallest absolute Gasteiger partial charge is 0.388 e. The Kier molecular flexibility index (Phi) is 4.33. The Morgan fingerprint density at radius 1 is 1.47 bits per heavy atom. The van der Waals surface area contributed by atoms with Crippen molar-refractivity contribution >= 4 is 5.91 Å². The van der Waals surface area contributed by atoms with E-state index in [1.54, 1.807) is 6.92 Å². The zero-order valence-corrected chi connectivity index (χ0v) is 9.61. The third-order valence-corrected chi connectivity index (χ3v) is 1.99. The number of ether oxygens (including phenoxy) is 1. The van der Waals surface area contributed by atoms with E-state index in [1.807, 2.05) is 0 Å². The number of rotatable bonds is 4. The van der Waals surface area contributed by atoms with Gasteiger partial charge >= 0.3 is 6.61 Å². The predicted octanol–water partition coefficient (Wildman–Crippen LogP) is 1.62. The summed E-state index contributed by atoms with van der Waals surface area (Å²) in [5, 5.41) is 0.894. The van der Waals surface area contributed by atoms with Gasteiger partial charge < -0.3 is 4.74 Å². The fourth-order valence-corrected chi connectivity index (χ4v) is 1.12. The van der Waals surface area contributed by atoms with Crippen LogP contribution in [-0.2, 0) is 4.84 Å². The van der Waals surface area contributed by atoms with Crippen LogP contribution in [0.15, 0.2) is 12.1 Å². The highest BCUT2D eigenvalue weighted by Gasteiger charge is 2.20. The summed E-state index contributed by atoms with van der Waals surface area (Å²) in [6.45, 7) is -1.43. The Labute approximate surface area is 96.9 Å². The molecule has 0 saturated heterocycles. The summed E-state index contributed by atoms with van der Waals surface area (Å²) in [7, 11) is 2.64. The fourth-order valence-electron chi connectivity index (χ4n) is 1.12. The van der Waals surface area contributed by atoms with Gasteiger partial charge in [0.1, 0.15) is 5.56 Å². The van der Waals surface area contributed by atoms with Crippen LogP contribution in [0.5, 0.6) is 5.88 Å². The lowest BCUT2D eigenvalue weighted by atomic mass is 10.2. The summed E-state index contributed by atoms with van der Waals surface area (Å²) in [4.78, 5) is 20.1. The minimum atomic E-state index is -3.04. The van der Waals surface area contributed by atoms with Gasteiger partial charge in [-0.2, -0.15) is 8.78 Å². The van der Waals surface area contributed by atoms with E-state index in [0.717, 1.165) is 5.06 Å². The minimum absolute atomic E-state index is 0.0831. The van der Waals surface area contributed by atoms with Gasteiger partial charge in [-0.15, -0.1) is 0 Å². The van der Waals surface area contributed by atoms with Crippen molar-refractivity contribution in [2.75, 3.05) is 14.2 Å². The Balaban J connectivity index is 3.09. The molecular formula is C10H12F2N2O3. The van der Waals surface area contributed by atoms with Crippen molar-refractivity contribution in [2.45, 2.75) is 13.5 Å². The Hall–Kier alpha value is -1.76. The molecule has 7 heteroatoms. The maximum absolute atomic E-state index is 12.2. The van der Waals surface area contributed by atoms with Crippen LogP contribution in [0.3, 0.4) is 0 Å². The van der Waals surface area contributed by atoms with Gasteiger partial charge in [0.25, 0.3) is 5.91 Å². The SMILES string of the molecule is CON(C)C(=O)c1ccc(C)nc1OC(F)F. The van der Waals surface area contributed by atoms with Crippen LogP contribution in [-0.4, -0.2) is 36.7 Å². The number of hydrogen-bond donors (Lipinski definition) is 0. The second kappa shape index (κ2) is 5.53. The van der Waals surface area contributed by atoms with Crippen molar-refractivity contribution in [1.82, 2.24) is 10.0 Å². The molecule has 0 unspecified atom stereocenters. The highest BCUT2D eigenvalue weighted by molar-refractivity contribution is 5.95. The number of carbonyl (C=O) groups excluding carboxylic acids is 1. The number of aromatic nitrogens is 1. The number of hydroxylamine groups is 2. The summed E-state index contributed by atoms with van der Waals surface area (Å²) < 4.78 is 28.5. The van der Waals surface area contributed by atoms with E-state index in [0.29, 0.717) is 5.69 Å². The minimum Gasteiger partial charge on any atom is -0.416 e. The molecule has 1 aromatic heterocycles. The maximum Gasteiger partial charge on any atom is 0.388 e. The monoisotopic (exact) mass is 246 g/mol. The molecule has 0 N–H and O–H groups in total. The standard InChI is InChI=1S/C10H12F2N2O3/c1-6-4-5-7(9(15)14(2)16-3)8(13-6)17-10(11)12/h4-5,10H,1-3H3. The largest absolute Gasteiger partial charge is 0.416 e. The second-order valence-corrected chi connectivity index (χ2v) is 3.17. The molecule has 5 nitrogen and oxygen atoms in total. The average molecular weight is 246 g/mol. The topological polar surface area (TPSA) is 51.7 Å². The second-order valence-electron chi connectivity index (χ2n) is 3.17. The Morgan fingerprint density at radius 3 is 2.65 bits per heavy atom. The van der Waals surface area contributed by atoms with Crippen LogP contribution in [0.2, 0.25) is 0 Å². The van der Waals surface area contributed by atoms with Gasteiger partial charge in [0.05, 0.1) is 7.11 Å². The van der Waals surface area contributed by atoms with E-state index < -0.39 is 18.4 Å². The molecule has 0 aliphatic heterocycles. The van der Waals surface area contributed by atoms with Gasteiger partial charge in [-0.25, -0.2) is 10.0 Å². The lowest BCUT2D eigenvalue weighted by Crippen LogP contribution is -2.26. The number of amides is 1.